The van der Waals surface area contributed by atoms with E-state index in [2.05, 4.69) is 27.4 Å². The van der Waals surface area contributed by atoms with E-state index in [0.29, 0.717) is 5.56 Å². The molecule has 5 nitrogen and oxygen atoms in total. The van der Waals surface area contributed by atoms with Crippen LogP contribution in [0.4, 0.5) is 0 Å². The third-order valence-corrected chi connectivity index (χ3v) is 4.46. The fraction of sp³-hybridized carbons (Fsp3) is 0.412. The van der Waals surface area contributed by atoms with E-state index in [1.807, 2.05) is 19.2 Å². The van der Waals surface area contributed by atoms with Gasteiger partial charge >= 0.3 is 0 Å². The lowest BCUT2D eigenvalue weighted by atomic mass is 10.0. The van der Waals surface area contributed by atoms with Crippen LogP contribution in [0.5, 0.6) is 0 Å². The number of carbonyl (C=O) groups excluding carboxylic acids is 1. The summed E-state index contributed by atoms with van der Waals surface area (Å²) in [6, 6.07) is 8.23. The molecule has 23 heavy (non-hydrogen) atoms. The molecule has 0 radical (unpaired) electrons. The van der Waals surface area contributed by atoms with Gasteiger partial charge in [0.15, 0.2) is 0 Å². The van der Waals surface area contributed by atoms with Crippen LogP contribution in [0.25, 0.3) is 0 Å². The molecular formula is C17H21ClN4O. The van der Waals surface area contributed by atoms with Gasteiger partial charge in [0, 0.05) is 43.9 Å². The van der Waals surface area contributed by atoms with Gasteiger partial charge in [0.05, 0.1) is 11.8 Å². The molecule has 0 aliphatic carbocycles. The van der Waals surface area contributed by atoms with Crippen LogP contribution in [0.1, 0.15) is 28.8 Å². The first kappa shape index (κ1) is 16.0. The number of aromatic nitrogens is 2. The Morgan fingerprint density at radius 3 is 2.61 bits per heavy atom. The van der Waals surface area contributed by atoms with E-state index in [0.717, 1.165) is 37.5 Å². The number of hydrogen-bond acceptors (Lipinski definition) is 3. The zero-order chi connectivity index (χ0) is 16.2. The Balaban J connectivity index is 1.46. The molecule has 2 aromatic rings. The van der Waals surface area contributed by atoms with Gasteiger partial charge in [0.25, 0.3) is 5.91 Å². The SMILES string of the molecule is Cn1cc(C(=O)NC2CCN(Cc3ccc(Cl)cc3)CC2)cn1. The second-order valence-electron chi connectivity index (χ2n) is 6.05. The van der Waals surface area contributed by atoms with Crippen LogP contribution in [0.3, 0.4) is 0 Å². The first-order valence-electron chi connectivity index (χ1n) is 7.86. The predicted octanol–water partition coefficient (Wildman–Crippen LogP) is 2.47. The molecule has 0 unspecified atom stereocenters. The fourth-order valence-corrected chi connectivity index (χ4v) is 3.02. The highest BCUT2D eigenvalue weighted by molar-refractivity contribution is 6.30. The van der Waals surface area contributed by atoms with Crippen LogP contribution in [-0.2, 0) is 13.6 Å². The van der Waals surface area contributed by atoms with E-state index in [1.54, 1.807) is 17.1 Å². The molecule has 1 amide bonds. The molecule has 6 heteroatoms. The second kappa shape index (κ2) is 7.15. The second-order valence-corrected chi connectivity index (χ2v) is 6.49. The van der Waals surface area contributed by atoms with Crippen molar-refractivity contribution in [2.45, 2.75) is 25.4 Å². The monoisotopic (exact) mass is 332 g/mol. The summed E-state index contributed by atoms with van der Waals surface area (Å²) in [5.74, 6) is -0.0331. The molecule has 0 bridgehead atoms. The van der Waals surface area contributed by atoms with Crippen molar-refractivity contribution < 1.29 is 4.79 Å². The smallest absolute Gasteiger partial charge is 0.254 e. The molecular weight excluding hydrogens is 312 g/mol. The molecule has 1 aliphatic rings. The lowest BCUT2D eigenvalue weighted by Crippen LogP contribution is -2.44. The summed E-state index contributed by atoms with van der Waals surface area (Å²) in [4.78, 5) is 14.6. The van der Waals surface area contributed by atoms with Gasteiger partial charge in [-0.25, -0.2) is 0 Å². The van der Waals surface area contributed by atoms with Crippen molar-refractivity contribution >= 4 is 17.5 Å². The van der Waals surface area contributed by atoms with Crippen molar-refractivity contribution in [3.8, 4) is 0 Å². The zero-order valence-electron chi connectivity index (χ0n) is 13.2. The summed E-state index contributed by atoms with van der Waals surface area (Å²) in [5, 5.41) is 7.91. The van der Waals surface area contributed by atoms with E-state index >= 15 is 0 Å². The summed E-state index contributed by atoms with van der Waals surface area (Å²) < 4.78 is 1.64. The number of aryl methyl sites for hydroxylation is 1. The molecule has 1 aromatic heterocycles. The predicted molar refractivity (Wildman–Crippen MR) is 90.4 cm³/mol. The third kappa shape index (κ3) is 4.33. The van der Waals surface area contributed by atoms with Gasteiger partial charge in [-0.1, -0.05) is 23.7 Å². The van der Waals surface area contributed by atoms with Gasteiger partial charge in [0.1, 0.15) is 0 Å². The highest BCUT2D eigenvalue weighted by Gasteiger charge is 2.21. The maximum Gasteiger partial charge on any atom is 0.254 e. The molecule has 122 valence electrons. The Morgan fingerprint density at radius 1 is 1.30 bits per heavy atom. The average Bonchev–Trinajstić information content (AvgIpc) is 2.98. The Bertz CT molecular complexity index is 659. The minimum Gasteiger partial charge on any atom is -0.349 e. The number of rotatable bonds is 4. The van der Waals surface area contributed by atoms with Crippen LogP contribution in [0.15, 0.2) is 36.7 Å². The van der Waals surface area contributed by atoms with Crippen molar-refractivity contribution in [1.29, 1.82) is 0 Å². The number of carbonyl (C=O) groups is 1. The minimum absolute atomic E-state index is 0.0331. The minimum atomic E-state index is -0.0331. The maximum atomic E-state index is 12.1. The van der Waals surface area contributed by atoms with E-state index in [9.17, 15) is 4.79 Å². The first-order chi connectivity index (χ1) is 11.1. The topological polar surface area (TPSA) is 50.2 Å². The summed E-state index contributed by atoms with van der Waals surface area (Å²) in [6.45, 7) is 2.90. The van der Waals surface area contributed by atoms with Crippen LogP contribution in [-0.4, -0.2) is 39.7 Å². The van der Waals surface area contributed by atoms with Gasteiger partial charge in [-0.3, -0.25) is 14.4 Å². The van der Waals surface area contributed by atoms with Crippen molar-refractivity contribution in [1.82, 2.24) is 20.0 Å². The number of amides is 1. The van der Waals surface area contributed by atoms with Gasteiger partial charge in [-0.15, -0.1) is 0 Å². The van der Waals surface area contributed by atoms with Crippen LogP contribution >= 0.6 is 11.6 Å². The standard InChI is InChI=1S/C17H21ClN4O/c1-21-12-14(10-19-21)17(23)20-16-6-8-22(9-7-16)11-13-2-4-15(18)5-3-13/h2-5,10,12,16H,6-9,11H2,1H3,(H,20,23). The number of hydrogen-bond donors (Lipinski definition) is 1. The highest BCUT2D eigenvalue weighted by atomic mass is 35.5. The lowest BCUT2D eigenvalue weighted by molar-refractivity contribution is 0.0909. The zero-order valence-corrected chi connectivity index (χ0v) is 14.0. The molecule has 1 aromatic carbocycles. The van der Waals surface area contributed by atoms with Gasteiger partial charge in [-0.05, 0) is 30.5 Å². The molecule has 1 aliphatic heterocycles. The molecule has 1 saturated heterocycles. The summed E-state index contributed by atoms with van der Waals surface area (Å²) >= 11 is 5.91. The van der Waals surface area contributed by atoms with E-state index in [-0.39, 0.29) is 11.9 Å². The summed E-state index contributed by atoms with van der Waals surface area (Å²) in [6.07, 6.45) is 5.29. The van der Waals surface area contributed by atoms with Crippen molar-refractivity contribution in [3.63, 3.8) is 0 Å². The maximum absolute atomic E-state index is 12.1. The largest absolute Gasteiger partial charge is 0.349 e. The number of benzene rings is 1. The fourth-order valence-electron chi connectivity index (χ4n) is 2.89. The van der Waals surface area contributed by atoms with Crippen molar-refractivity contribution in [3.05, 3.63) is 52.8 Å². The third-order valence-electron chi connectivity index (χ3n) is 4.21. The molecule has 0 atom stereocenters. The molecule has 0 spiro atoms. The molecule has 1 fully saturated rings. The van der Waals surface area contributed by atoms with E-state index in [4.69, 9.17) is 11.6 Å². The Labute approximate surface area is 141 Å². The lowest BCUT2D eigenvalue weighted by Gasteiger charge is -2.32. The Morgan fingerprint density at radius 2 is 2.00 bits per heavy atom. The Hall–Kier alpha value is -1.85. The van der Waals surface area contributed by atoms with E-state index < -0.39 is 0 Å². The number of halogens is 1. The molecule has 1 N–H and O–H groups in total. The molecule has 3 rings (SSSR count). The Kier molecular flexibility index (Phi) is 4.98. The van der Waals surface area contributed by atoms with E-state index in [1.165, 1.54) is 5.56 Å². The van der Waals surface area contributed by atoms with Gasteiger partial charge < -0.3 is 5.32 Å². The summed E-state index contributed by atoms with van der Waals surface area (Å²) in [7, 11) is 1.81. The quantitative estimate of drug-likeness (QED) is 0.935. The average molecular weight is 333 g/mol. The molecule has 0 saturated carbocycles. The summed E-state index contributed by atoms with van der Waals surface area (Å²) in [5.41, 5.74) is 1.89. The van der Waals surface area contributed by atoms with Crippen LogP contribution < -0.4 is 5.32 Å². The number of nitrogens with zero attached hydrogens (tertiary/aromatic N) is 3. The normalized spacial score (nSPS) is 16.4. The highest BCUT2D eigenvalue weighted by Crippen LogP contribution is 2.16. The number of piperidine rings is 1. The first-order valence-corrected chi connectivity index (χ1v) is 8.24. The van der Waals surface area contributed by atoms with Crippen LogP contribution in [0.2, 0.25) is 5.02 Å². The van der Waals surface area contributed by atoms with Crippen LogP contribution in [0, 0.1) is 0 Å². The molecule has 2 heterocycles. The van der Waals surface area contributed by atoms with Gasteiger partial charge in [-0.2, -0.15) is 5.10 Å². The van der Waals surface area contributed by atoms with Crippen molar-refractivity contribution in [2.75, 3.05) is 13.1 Å². The van der Waals surface area contributed by atoms with Crippen molar-refractivity contribution in [2.24, 2.45) is 7.05 Å². The number of likely N-dealkylation sites (tertiary alicyclic amines) is 1. The number of nitrogens with one attached hydrogen (secondary N) is 1. The van der Waals surface area contributed by atoms with Gasteiger partial charge in [0.2, 0.25) is 0 Å².